The van der Waals surface area contributed by atoms with Crippen LogP contribution in [-0.4, -0.2) is 27.4 Å². The zero-order valence-electron chi connectivity index (χ0n) is 15.0. The first kappa shape index (κ1) is 18.7. The Hall–Kier alpha value is -3.68. The van der Waals surface area contributed by atoms with Gasteiger partial charge in [0.15, 0.2) is 0 Å². The second-order valence-electron chi connectivity index (χ2n) is 6.39. The van der Waals surface area contributed by atoms with Gasteiger partial charge in [0.2, 0.25) is 0 Å². The van der Waals surface area contributed by atoms with E-state index in [4.69, 9.17) is 0 Å². The van der Waals surface area contributed by atoms with E-state index in [-0.39, 0.29) is 17.8 Å². The average Bonchev–Trinajstić information content (AvgIpc) is 3.08. The molecule has 0 radical (unpaired) electrons. The molecule has 0 fully saturated rings. The fourth-order valence-corrected chi connectivity index (χ4v) is 3.20. The standard InChI is InChI=1S/C21H15F3N4O/c22-13-3-1-12(2-4-13)19-15(16-9-14(23)10-17(24)20(16)28-19)5-6-27-21(29)18-11-25-7-8-26-18/h1-4,7-11,28H,5-6H2,(H,27,29). The van der Waals surface area contributed by atoms with Crippen molar-refractivity contribution in [3.05, 3.63) is 83.7 Å². The summed E-state index contributed by atoms with van der Waals surface area (Å²) in [6, 6.07) is 7.72. The second kappa shape index (κ2) is 7.75. The number of amides is 1. The molecule has 146 valence electrons. The first-order valence-corrected chi connectivity index (χ1v) is 8.82. The van der Waals surface area contributed by atoms with E-state index in [1.54, 1.807) is 12.1 Å². The van der Waals surface area contributed by atoms with Crippen LogP contribution in [0.1, 0.15) is 16.1 Å². The zero-order valence-corrected chi connectivity index (χ0v) is 15.0. The van der Waals surface area contributed by atoms with E-state index >= 15 is 0 Å². The Labute approximate surface area is 163 Å². The van der Waals surface area contributed by atoms with E-state index in [1.165, 1.54) is 36.8 Å². The van der Waals surface area contributed by atoms with Crippen molar-refractivity contribution in [2.45, 2.75) is 6.42 Å². The van der Waals surface area contributed by atoms with Gasteiger partial charge < -0.3 is 10.3 Å². The molecule has 2 heterocycles. The molecule has 0 aliphatic carbocycles. The predicted octanol–water partition coefficient (Wildman–Crippen LogP) is 4.01. The first-order chi connectivity index (χ1) is 14.0. The van der Waals surface area contributed by atoms with Gasteiger partial charge in [0.05, 0.1) is 11.7 Å². The Kier molecular flexibility index (Phi) is 4.99. The van der Waals surface area contributed by atoms with Crippen LogP contribution in [0.25, 0.3) is 22.2 Å². The Bertz CT molecular complexity index is 1170. The van der Waals surface area contributed by atoms with Gasteiger partial charge in [-0.3, -0.25) is 9.78 Å². The zero-order chi connectivity index (χ0) is 20.4. The largest absolute Gasteiger partial charge is 0.352 e. The van der Waals surface area contributed by atoms with Crippen LogP contribution in [0.15, 0.2) is 55.0 Å². The SMILES string of the molecule is O=C(NCCc1c(-c2ccc(F)cc2)[nH]c2c(F)cc(F)cc12)c1cnccn1. The minimum atomic E-state index is -0.724. The van der Waals surface area contributed by atoms with Crippen LogP contribution in [0, 0.1) is 17.5 Å². The van der Waals surface area contributed by atoms with Crippen molar-refractivity contribution < 1.29 is 18.0 Å². The Morgan fingerprint density at radius 1 is 1.03 bits per heavy atom. The van der Waals surface area contributed by atoms with Gasteiger partial charge in [0.1, 0.15) is 23.1 Å². The summed E-state index contributed by atoms with van der Waals surface area (Å²) in [5.41, 5.74) is 2.10. The number of rotatable bonds is 5. The summed E-state index contributed by atoms with van der Waals surface area (Å²) >= 11 is 0. The minimum absolute atomic E-state index is 0.154. The van der Waals surface area contributed by atoms with E-state index in [1.807, 2.05) is 0 Å². The molecule has 4 rings (SSSR count). The maximum atomic E-state index is 14.3. The summed E-state index contributed by atoms with van der Waals surface area (Å²) in [6.45, 7) is 0.203. The second-order valence-corrected chi connectivity index (χ2v) is 6.39. The lowest BCUT2D eigenvalue weighted by Gasteiger charge is -2.07. The van der Waals surface area contributed by atoms with Crippen molar-refractivity contribution in [3.8, 4) is 11.3 Å². The molecule has 2 aromatic heterocycles. The molecule has 1 amide bonds. The van der Waals surface area contributed by atoms with Crippen molar-refractivity contribution in [2.24, 2.45) is 0 Å². The van der Waals surface area contributed by atoms with Crippen LogP contribution in [-0.2, 0) is 6.42 Å². The summed E-state index contributed by atoms with van der Waals surface area (Å²) in [7, 11) is 0. The number of aromatic nitrogens is 3. The number of benzene rings is 2. The molecule has 0 saturated heterocycles. The predicted molar refractivity (Wildman–Crippen MR) is 102 cm³/mol. The Morgan fingerprint density at radius 2 is 1.83 bits per heavy atom. The van der Waals surface area contributed by atoms with Gasteiger partial charge >= 0.3 is 0 Å². The number of hydrogen-bond donors (Lipinski definition) is 2. The van der Waals surface area contributed by atoms with Gasteiger partial charge in [0, 0.05) is 36.1 Å². The first-order valence-electron chi connectivity index (χ1n) is 8.82. The molecule has 0 unspecified atom stereocenters. The number of H-pyrrole nitrogens is 1. The Morgan fingerprint density at radius 3 is 2.55 bits per heavy atom. The molecule has 0 bridgehead atoms. The fourth-order valence-electron chi connectivity index (χ4n) is 3.20. The van der Waals surface area contributed by atoms with Crippen molar-refractivity contribution in [3.63, 3.8) is 0 Å². The summed E-state index contributed by atoms with van der Waals surface area (Å²) in [5.74, 6) is -2.23. The molecule has 0 saturated carbocycles. The number of nitrogens with zero attached hydrogens (tertiary/aromatic N) is 2. The highest BCUT2D eigenvalue weighted by molar-refractivity contribution is 5.93. The molecule has 5 nitrogen and oxygen atoms in total. The quantitative estimate of drug-likeness (QED) is 0.535. The van der Waals surface area contributed by atoms with E-state index < -0.39 is 23.4 Å². The summed E-state index contributed by atoms with van der Waals surface area (Å²) in [4.78, 5) is 22.9. The van der Waals surface area contributed by atoms with Crippen LogP contribution in [0.5, 0.6) is 0 Å². The van der Waals surface area contributed by atoms with Crippen LogP contribution < -0.4 is 5.32 Å². The maximum Gasteiger partial charge on any atom is 0.271 e. The average molecular weight is 396 g/mol. The summed E-state index contributed by atoms with van der Waals surface area (Å²) in [5, 5.41) is 3.09. The van der Waals surface area contributed by atoms with Gasteiger partial charge in [-0.1, -0.05) is 0 Å². The molecular weight excluding hydrogens is 381 g/mol. The molecule has 29 heavy (non-hydrogen) atoms. The maximum absolute atomic E-state index is 14.3. The lowest BCUT2D eigenvalue weighted by molar-refractivity contribution is 0.0948. The molecule has 0 spiro atoms. The van der Waals surface area contributed by atoms with Crippen molar-refractivity contribution >= 4 is 16.8 Å². The number of carbonyl (C=O) groups excluding carboxylic acids is 1. The minimum Gasteiger partial charge on any atom is -0.352 e. The molecule has 2 aromatic carbocycles. The van der Waals surface area contributed by atoms with Crippen LogP contribution in [0.2, 0.25) is 0 Å². The van der Waals surface area contributed by atoms with E-state index in [2.05, 4.69) is 20.3 Å². The number of nitrogens with one attached hydrogen (secondary N) is 2. The topological polar surface area (TPSA) is 70.7 Å². The molecule has 0 aliphatic rings. The fraction of sp³-hybridized carbons (Fsp3) is 0.0952. The third-order valence-corrected chi connectivity index (χ3v) is 4.52. The molecule has 0 atom stereocenters. The Balaban J connectivity index is 1.67. The summed E-state index contributed by atoms with van der Waals surface area (Å²) in [6.07, 6.45) is 4.50. The monoisotopic (exact) mass is 396 g/mol. The van der Waals surface area contributed by atoms with Crippen LogP contribution in [0.3, 0.4) is 0 Å². The van der Waals surface area contributed by atoms with Gasteiger partial charge in [0.25, 0.3) is 5.91 Å². The van der Waals surface area contributed by atoms with E-state index in [0.29, 0.717) is 28.6 Å². The lowest BCUT2D eigenvalue weighted by Crippen LogP contribution is -2.26. The van der Waals surface area contributed by atoms with Crippen molar-refractivity contribution in [2.75, 3.05) is 6.54 Å². The number of aromatic amines is 1. The van der Waals surface area contributed by atoms with E-state index in [9.17, 15) is 18.0 Å². The number of fused-ring (bicyclic) bond motifs is 1. The molecule has 2 N–H and O–H groups in total. The normalized spacial score (nSPS) is 11.0. The molecule has 8 heteroatoms. The van der Waals surface area contributed by atoms with Gasteiger partial charge in [-0.2, -0.15) is 0 Å². The van der Waals surface area contributed by atoms with Gasteiger partial charge in [-0.15, -0.1) is 0 Å². The third kappa shape index (κ3) is 3.82. The third-order valence-electron chi connectivity index (χ3n) is 4.52. The van der Waals surface area contributed by atoms with E-state index in [0.717, 1.165) is 6.07 Å². The molecular formula is C21H15F3N4O. The van der Waals surface area contributed by atoms with Crippen molar-refractivity contribution in [1.29, 1.82) is 0 Å². The number of carbonyl (C=O) groups is 1. The number of hydrogen-bond acceptors (Lipinski definition) is 3. The van der Waals surface area contributed by atoms with Crippen molar-refractivity contribution in [1.82, 2.24) is 20.3 Å². The van der Waals surface area contributed by atoms with Gasteiger partial charge in [-0.05, 0) is 47.9 Å². The van der Waals surface area contributed by atoms with Crippen LogP contribution >= 0.6 is 0 Å². The smallest absolute Gasteiger partial charge is 0.271 e. The number of halogens is 3. The highest BCUT2D eigenvalue weighted by atomic mass is 19.1. The van der Waals surface area contributed by atoms with Gasteiger partial charge in [-0.25, -0.2) is 18.2 Å². The summed E-state index contributed by atoms with van der Waals surface area (Å²) < 4.78 is 41.4. The highest BCUT2D eigenvalue weighted by Gasteiger charge is 2.17. The molecule has 4 aromatic rings. The van der Waals surface area contributed by atoms with Crippen LogP contribution in [0.4, 0.5) is 13.2 Å². The highest BCUT2D eigenvalue weighted by Crippen LogP contribution is 2.32. The molecule has 0 aliphatic heterocycles. The lowest BCUT2D eigenvalue weighted by atomic mass is 10.0.